The maximum Gasteiger partial charge on any atom is 0.416 e. The monoisotopic (exact) mass is 436 g/mol. The molecule has 1 amide bonds. The third-order valence-corrected chi connectivity index (χ3v) is 5.80. The number of hydrogen-bond donors (Lipinski definition) is 3. The van der Waals surface area contributed by atoms with Crippen molar-refractivity contribution in [2.45, 2.75) is 37.5 Å². The minimum atomic E-state index is -4.42. The SMILES string of the molecule is CNC(=O)c1cn([C@H]2CC[C@@H](N(C)C)C[C@@H]2C=N)nc1Nc1ccc(C(F)(F)F)cc1. The molecule has 1 fully saturated rings. The van der Waals surface area contributed by atoms with E-state index in [1.54, 1.807) is 10.9 Å². The van der Waals surface area contributed by atoms with Crippen LogP contribution in [-0.4, -0.2) is 54.0 Å². The molecule has 1 heterocycles. The molecule has 0 aliphatic heterocycles. The maximum atomic E-state index is 12.8. The topological polar surface area (TPSA) is 86.0 Å². The number of nitrogens with one attached hydrogen (secondary N) is 3. The number of amides is 1. The molecule has 3 rings (SSSR count). The minimum absolute atomic E-state index is 0.0301. The van der Waals surface area contributed by atoms with Gasteiger partial charge in [0.1, 0.15) is 5.56 Å². The molecule has 1 aliphatic carbocycles. The normalized spacial score (nSPS) is 21.7. The quantitative estimate of drug-likeness (QED) is 0.599. The Labute approximate surface area is 179 Å². The molecule has 2 aromatic rings. The molecule has 0 bridgehead atoms. The molecule has 3 atom stereocenters. The van der Waals surface area contributed by atoms with Gasteiger partial charge in [0.2, 0.25) is 0 Å². The van der Waals surface area contributed by atoms with Gasteiger partial charge in [-0.25, -0.2) is 0 Å². The van der Waals surface area contributed by atoms with Crippen LogP contribution in [0.25, 0.3) is 0 Å². The van der Waals surface area contributed by atoms with Crippen molar-refractivity contribution in [3.05, 3.63) is 41.6 Å². The first kappa shape index (κ1) is 22.8. The van der Waals surface area contributed by atoms with Crippen LogP contribution in [0, 0.1) is 11.3 Å². The molecule has 1 saturated carbocycles. The molecule has 1 aliphatic rings. The fraction of sp³-hybridized carbons (Fsp3) is 0.476. The standard InChI is InChI=1S/C21H27F3N6O/c1-26-20(31)17-12-30(18-9-8-16(29(2)3)10-13(18)11-25)28-19(17)27-15-6-4-14(5-7-15)21(22,23)24/h4-7,11-13,16,18,25H,8-10H2,1-3H3,(H,26,31)(H,27,28)/t13-,16-,18+/m1/s1. The summed E-state index contributed by atoms with van der Waals surface area (Å²) in [6.07, 6.45) is 1.22. The van der Waals surface area contributed by atoms with Crippen molar-refractivity contribution in [2.24, 2.45) is 5.92 Å². The largest absolute Gasteiger partial charge is 0.416 e. The number of nitrogens with zero attached hydrogens (tertiary/aromatic N) is 3. The number of anilines is 2. The van der Waals surface area contributed by atoms with E-state index >= 15 is 0 Å². The molecule has 3 N–H and O–H groups in total. The van der Waals surface area contributed by atoms with E-state index < -0.39 is 11.7 Å². The van der Waals surface area contributed by atoms with Crippen molar-refractivity contribution in [2.75, 3.05) is 26.5 Å². The van der Waals surface area contributed by atoms with Crippen LogP contribution in [-0.2, 0) is 6.18 Å². The summed E-state index contributed by atoms with van der Waals surface area (Å²) in [6.45, 7) is 0. The molecule has 0 radical (unpaired) electrons. The van der Waals surface area contributed by atoms with Crippen molar-refractivity contribution in [1.29, 1.82) is 5.41 Å². The average Bonchev–Trinajstić information content (AvgIpc) is 3.15. The van der Waals surface area contributed by atoms with Crippen molar-refractivity contribution < 1.29 is 18.0 Å². The Morgan fingerprint density at radius 2 is 1.94 bits per heavy atom. The zero-order valence-corrected chi connectivity index (χ0v) is 17.7. The van der Waals surface area contributed by atoms with E-state index in [1.165, 1.54) is 25.4 Å². The summed E-state index contributed by atoms with van der Waals surface area (Å²) in [5.41, 5.74) is -0.0641. The number of benzene rings is 1. The number of rotatable bonds is 6. The van der Waals surface area contributed by atoms with Gasteiger partial charge in [0.25, 0.3) is 5.91 Å². The van der Waals surface area contributed by atoms with Crippen molar-refractivity contribution in [3.63, 3.8) is 0 Å². The van der Waals surface area contributed by atoms with Gasteiger partial charge in [-0.2, -0.15) is 18.3 Å². The molecule has 168 valence electrons. The zero-order valence-electron chi connectivity index (χ0n) is 17.7. The first-order valence-corrected chi connectivity index (χ1v) is 10.1. The van der Waals surface area contributed by atoms with Gasteiger partial charge in [-0.3, -0.25) is 9.48 Å². The van der Waals surface area contributed by atoms with Crippen LogP contribution in [0.4, 0.5) is 24.7 Å². The first-order chi connectivity index (χ1) is 14.6. The number of carbonyl (C=O) groups excluding carboxylic acids is 1. The lowest BCUT2D eigenvalue weighted by atomic mass is 9.82. The van der Waals surface area contributed by atoms with E-state index in [2.05, 4.69) is 20.6 Å². The first-order valence-electron chi connectivity index (χ1n) is 10.1. The Balaban J connectivity index is 1.88. The molecule has 1 aromatic heterocycles. The van der Waals surface area contributed by atoms with E-state index in [0.717, 1.165) is 31.4 Å². The number of alkyl halides is 3. The van der Waals surface area contributed by atoms with Crippen LogP contribution in [0.3, 0.4) is 0 Å². The number of hydrogen-bond acceptors (Lipinski definition) is 5. The summed E-state index contributed by atoms with van der Waals surface area (Å²) >= 11 is 0. The van der Waals surface area contributed by atoms with Gasteiger partial charge in [-0.05, 0) is 57.6 Å². The number of halogens is 3. The van der Waals surface area contributed by atoms with E-state index in [1.807, 2.05) is 14.1 Å². The van der Waals surface area contributed by atoms with Crippen molar-refractivity contribution in [3.8, 4) is 0 Å². The Bertz CT molecular complexity index is 922. The zero-order chi connectivity index (χ0) is 22.8. The second-order valence-corrected chi connectivity index (χ2v) is 7.98. The summed E-state index contributed by atoms with van der Waals surface area (Å²) in [6, 6.07) is 4.87. The number of carbonyl (C=O) groups is 1. The minimum Gasteiger partial charge on any atom is -0.355 e. The second-order valence-electron chi connectivity index (χ2n) is 7.98. The molecular weight excluding hydrogens is 409 g/mol. The van der Waals surface area contributed by atoms with Gasteiger partial charge < -0.3 is 20.9 Å². The van der Waals surface area contributed by atoms with Gasteiger partial charge in [0.15, 0.2) is 5.82 Å². The third kappa shape index (κ3) is 5.07. The molecule has 0 unspecified atom stereocenters. The Hall–Kier alpha value is -2.88. The van der Waals surface area contributed by atoms with E-state index in [0.29, 0.717) is 17.3 Å². The smallest absolute Gasteiger partial charge is 0.355 e. The number of aromatic nitrogens is 2. The van der Waals surface area contributed by atoms with Gasteiger partial charge in [0, 0.05) is 37.1 Å². The highest BCUT2D eigenvalue weighted by molar-refractivity contribution is 5.99. The lowest BCUT2D eigenvalue weighted by Crippen LogP contribution is -2.38. The highest BCUT2D eigenvalue weighted by Crippen LogP contribution is 2.36. The molecule has 10 heteroatoms. The molecule has 1 aromatic carbocycles. The molecule has 0 saturated heterocycles. The second kappa shape index (κ2) is 9.09. The Morgan fingerprint density at radius 3 is 2.48 bits per heavy atom. The van der Waals surface area contributed by atoms with Crippen LogP contribution in [0.1, 0.15) is 41.2 Å². The predicted molar refractivity (Wildman–Crippen MR) is 113 cm³/mol. The Kier molecular flexibility index (Phi) is 6.68. The fourth-order valence-corrected chi connectivity index (χ4v) is 3.98. The van der Waals surface area contributed by atoms with Crippen LogP contribution < -0.4 is 10.6 Å². The summed E-state index contributed by atoms with van der Waals surface area (Å²) in [4.78, 5) is 14.5. The van der Waals surface area contributed by atoms with Gasteiger partial charge >= 0.3 is 6.18 Å². The van der Waals surface area contributed by atoms with Gasteiger partial charge in [-0.1, -0.05) is 0 Å². The van der Waals surface area contributed by atoms with Crippen molar-refractivity contribution in [1.82, 2.24) is 20.0 Å². The van der Waals surface area contributed by atoms with Crippen LogP contribution >= 0.6 is 0 Å². The highest BCUT2D eigenvalue weighted by atomic mass is 19.4. The maximum absolute atomic E-state index is 12.8. The third-order valence-electron chi connectivity index (χ3n) is 5.80. The summed E-state index contributed by atoms with van der Waals surface area (Å²) in [5, 5.41) is 17.9. The molecule has 31 heavy (non-hydrogen) atoms. The van der Waals surface area contributed by atoms with Crippen LogP contribution in [0.5, 0.6) is 0 Å². The lowest BCUT2D eigenvalue weighted by molar-refractivity contribution is -0.137. The molecule has 7 nitrogen and oxygen atoms in total. The van der Waals surface area contributed by atoms with Crippen LogP contribution in [0.15, 0.2) is 30.5 Å². The molecular formula is C21H27F3N6O. The van der Waals surface area contributed by atoms with Crippen molar-refractivity contribution >= 4 is 23.6 Å². The molecule has 0 spiro atoms. The lowest BCUT2D eigenvalue weighted by Gasteiger charge is -2.37. The predicted octanol–water partition coefficient (Wildman–Crippen LogP) is 3.93. The summed E-state index contributed by atoms with van der Waals surface area (Å²) < 4.78 is 40.1. The summed E-state index contributed by atoms with van der Waals surface area (Å²) in [5.74, 6) is -0.121. The Morgan fingerprint density at radius 1 is 1.26 bits per heavy atom. The van der Waals surface area contributed by atoms with E-state index in [4.69, 9.17) is 5.41 Å². The van der Waals surface area contributed by atoms with E-state index in [-0.39, 0.29) is 23.7 Å². The average molecular weight is 436 g/mol. The fourth-order valence-electron chi connectivity index (χ4n) is 3.98. The van der Waals surface area contributed by atoms with E-state index in [9.17, 15) is 18.0 Å². The highest BCUT2D eigenvalue weighted by Gasteiger charge is 2.33. The van der Waals surface area contributed by atoms with Crippen LogP contribution in [0.2, 0.25) is 0 Å². The van der Waals surface area contributed by atoms with Gasteiger partial charge in [-0.15, -0.1) is 0 Å². The summed E-state index contributed by atoms with van der Waals surface area (Å²) in [7, 11) is 5.55. The van der Waals surface area contributed by atoms with Gasteiger partial charge in [0.05, 0.1) is 11.6 Å².